The smallest absolute Gasteiger partial charge is 0.141 e. The fourth-order valence-corrected chi connectivity index (χ4v) is 2.55. The van der Waals surface area contributed by atoms with Crippen molar-refractivity contribution in [1.82, 2.24) is 0 Å². The highest BCUT2D eigenvalue weighted by Crippen LogP contribution is 2.21. The Morgan fingerprint density at radius 1 is 1.15 bits per heavy atom. The van der Waals surface area contributed by atoms with E-state index in [-0.39, 0.29) is 17.5 Å². The van der Waals surface area contributed by atoms with Crippen molar-refractivity contribution < 1.29 is 9.50 Å². The molecule has 0 aromatic heterocycles. The standard InChI is InChI=1S/C17H18ClFO/c1-12-4-2-3-5-15(12)9-14(11-20)8-13-6-7-17(19)16(18)10-13/h2-7,10,14,20H,8-9,11H2,1H3. The van der Waals surface area contributed by atoms with Crippen molar-refractivity contribution >= 4 is 11.6 Å². The van der Waals surface area contributed by atoms with Gasteiger partial charge < -0.3 is 5.11 Å². The van der Waals surface area contributed by atoms with Gasteiger partial charge >= 0.3 is 0 Å². The summed E-state index contributed by atoms with van der Waals surface area (Å²) in [4.78, 5) is 0. The van der Waals surface area contributed by atoms with Gasteiger partial charge in [0.2, 0.25) is 0 Å². The van der Waals surface area contributed by atoms with E-state index in [2.05, 4.69) is 19.1 Å². The van der Waals surface area contributed by atoms with Gasteiger partial charge in [0.15, 0.2) is 0 Å². The molecule has 0 bridgehead atoms. The van der Waals surface area contributed by atoms with Crippen molar-refractivity contribution in [2.24, 2.45) is 5.92 Å². The highest BCUT2D eigenvalue weighted by Gasteiger charge is 2.12. The van der Waals surface area contributed by atoms with Crippen molar-refractivity contribution in [2.75, 3.05) is 6.61 Å². The van der Waals surface area contributed by atoms with Crippen molar-refractivity contribution in [1.29, 1.82) is 0 Å². The lowest BCUT2D eigenvalue weighted by atomic mass is 9.91. The third kappa shape index (κ3) is 3.81. The average molecular weight is 293 g/mol. The molecule has 0 aliphatic rings. The summed E-state index contributed by atoms with van der Waals surface area (Å²) in [7, 11) is 0. The Kier molecular flexibility index (Phi) is 5.16. The molecule has 0 saturated heterocycles. The molecule has 0 amide bonds. The predicted octanol–water partition coefficient (Wildman–Crippen LogP) is 4.18. The molecule has 0 aliphatic carbocycles. The predicted molar refractivity (Wildman–Crippen MR) is 80.6 cm³/mol. The van der Waals surface area contributed by atoms with Gasteiger partial charge in [-0.2, -0.15) is 0 Å². The zero-order valence-electron chi connectivity index (χ0n) is 11.4. The van der Waals surface area contributed by atoms with Gasteiger partial charge in [-0.1, -0.05) is 41.9 Å². The molecule has 0 spiro atoms. The van der Waals surface area contributed by atoms with Crippen molar-refractivity contribution in [3.63, 3.8) is 0 Å². The lowest BCUT2D eigenvalue weighted by Crippen LogP contribution is -2.13. The molecule has 3 heteroatoms. The van der Waals surface area contributed by atoms with Crippen molar-refractivity contribution in [2.45, 2.75) is 19.8 Å². The van der Waals surface area contributed by atoms with Gasteiger partial charge in [0.25, 0.3) is 0 Å². The number of hydrogen-bond donors (Lipinski definition) is 1. The SMILES string of the molecule is Cc1ccccc1CC(CO)Cc1ccc(F)c(Cl)c1. The highest BCUT2D eigenvalue weighted by molar-refractivity contribution is 6.30. The quantitative estimate of drug-likeness (QED) is 0.876. The van der Waals surface area contributed by atoms with Crippen LogP contribution in [0.5, 0.6) is 0 Å². The minimum Gasteiger partial charge on any atom is -0.396 e. The Morgan fingerprint density at radius 3 is 2.55 bits per heavy atom. The van der Waals surface area contributed by atoms with Gasteiger partial charge in [-0.3, -0.25) is 0 Å². The molecule has 0 heterocycles. The number of aryl methyl sites for hydroxylation is 1. The van der Waals surface area contributed by atoms with Gasteiger partial charge in [-0.25, -0.2) is 4.39 Å². The molecule has 2 rings (SSSR count). The van der Waals surface area contributed by atoms with Crippen LogP contribution in [-0.4, -0.2) is 11.7 Å². The first-order valence-corrected chi connectivity index (χ1v) is 7.07. The molecule has 1 unspecified atom stereocenters. The Bertz CT molecular complexity index is 583. The molecule has 0 saturated carbocycles. The van der Waals surface area contributed by atoms with Crippen LogP contribution in [0.15, 0.2) is 42.5 Å². The molecular weight excluding hydrogens is 275 g/mol. The van der Waals surface area contributed by atoms with Gasteiger partial charge in [0, 0.05) is 6.61 Å². The maximum Gasteiger partial charge on any atom is 0.141 e. The molecular formula is C17H18ClFO. The van der Waals surface area contributed by atoms with Gasteiger partial charge in [-0.05, 0) is 54.5 Å². The molecule has 106 valence electrons. The minimum absolute atomic E-state index is 0.101. The number of rotatable bonds is 5. The van der Waals surface area contributed by atoms with Crippen LogP contribution >= 0.6 is 11.6 Å². The normalized spacial score (nSPS) is 12.4. The molecule has 1 atom stereocenters. The summed E-state index contributed by atoms with van der Waals surface area (Å²) in [5, 5.41) is 9.69. The fourth-order valence-electron chi connectivity index (χ4n) is 2.35. The third-order valence-corrected chi connectivity index (χ3v) is 3.83. The number of hydrogen-bond acceptors (Lipinski definition) is 1. The minimum atomic E-state index is -0.408. The van der Waals surface area contributed by atoms with Crippen LogP contribution in [0.1, 0.15) is 16.7 Å². The van der Waals surface area contributed by atoms with Crippen molar-refractivity contribution in [3.8, 4) is 0 Å². The van der Waals surface area contributed by atoms with Crippen molar-refractivity contribution in [3.05, 3.63) is 70.0 Å². The number of benzene rings is 2. The van der Waals surface area contributed by atoms with E-state index in [1.165, 1.54) is 17.2 Å². The third-order valence-electron chi connectivity index (χ3n) is 3.54. The molecule has 1 nitrogen and oxygen atoms in total. The van der Waals surface area contributed by atoms with E-state index < -0.39 is 5.82 Å². The molecule has 0 aliphatic heterocycles. The van der Waals surface area contributed by atoms with Crippen LogP contribution in [0.25, 0.3) is 0 Å². The van der Waals surface area contributed by atoms with E-state index in [4.69, 9.17) is 11.6 Å². The van der Waals surface area contributed by atoms with Crippen LogP contribution in [0.3, 0.4) is 0 Å². The van der Waals surface area contributed by atoms with E-state index >= 15 is 0 Å². The summed E-state index contributed by atoms with van der Waals surface area (Å²) in [5.74, 6) is -0.299. The zero-order valence-corrected chi connectivity index (χ0v) is 12.2. The van der Waals surface area contributed by atoms with E-state index in [0.717, 1.165) is 12.0 Å². The second-order valence-corrected chi connectivity index (χ2v) is 5.54. The van der Waals surface area contributed by atoms with E-state index in [1.54, 1.807) is 12.1 Å². The van der Waals surface area contributed by atoms with Gasteiger partial charge in [0.1, 0.15) is 5.82 Å². The Hall–Kier alpha value is -1.38. The Balaban J connectivity index is 2.09. The second kappa shape index (κ2) is 6.87. The molecule has 1 N–H and O–H groups in total. The second-order valence-electron chi connectivity index (χ2n) is 5.13. The van der Waals surface area contributed by atoms with Crippen LogP contribution in [0, 0.1) is 18.7 Å². The average Bonchev–Trinajstić information content (AvgIpc) is 2.44. The fraction of sp³-hybridized carbons (Fsp3) is 0.294. The van der Waals surface area contributed by atoms with Gasteiger partial charge in [0.05, 0.1) is 5.02 Å². The molecule has 0 fully saturated rings. The molecule has 20 heavy (non-hydrogen) atoms. The van der Waals surface area contributed by atoms with Crippen LogP contribution in [-0.2, 0) is 12.8 Å². The number of aliphatic hydroxyl groups excluding tert-OH is 1. The monoisotopic (exact) mass is 292 g/mol. The van der Waals surface area contributed by atoms with E-state index in [0.29, 0.717) is 6.42 Å². The van der Waals surface area contributed by atoms with Gasteiger partial charge in [-0.15, -0.1) is 0 Å². The van der Waals surface area contributed by atoms with Crippen LogP contribution in [0.4, 0.5) is 4.39 Å². The molecule has 2 aromatic carbocycles. The highest BCUT2D eigenvalue weighted by atomic mass is 35.5. The first-order chi connectivity index (χ1) is 9.60. The largest absolute Gasteiger partial charge is 0.396 e. The number of halogens is 2. The summed E-state index contributed by atoms with van der Waals surface area (Å²) >= 11 is 5.79. The summed E-state index contributed by atoms with van der Waals surface area (Å²) < 4.78 is 13.1. The lowest BCUT2D eigenvalue weighted by molar-refractivity contribution is 0.225. The Labute approximate surface area is 124 Å². The number of aliphatic hydroxyl groups is 1. The summed E-state index contributed by atoms with van der Waals surface area (Å²) in [6, 6.07) is 12.9. The Morgan fingerprint density at radius 2 is 1.90 bits per heavy atom. The van der Waals surface area contributed by atoms with Crippen LogP contribution in [0.2, 0.25) is 5.02 Å². The zero-order chi connectivity index (χ0) is 14.5. The first kappa shape index (κ1) is 15.0. The van der Waals surface area contributed by atoms with E-state index in [1.807, 2.05) is 12.1 Å². The first-order valence-electron chi connectivity index (χ1n) is 6.69. The summed E-state index contributed by atoms with van der Waals surface area (Å²) in [6.45, 7) is 2.17. The molecule has 0 radical (unpaired) electrons. The lowest BCUT2D eigenvalue weighted by Gasteiger charge is -2.16. The van der Waals surface area contributed by atoms with E-state index in [9.17, 15) is 9.50 Å². The summed E-state index contributed by atoms with van der Waals surface area (Å²) in [6.07, 6.45) is 1.49. The van der Waals surface area contributed by atoms with Crippen LogP contribution < -0.4 is 0 Å². The summed E-state index contributed by atoms with van der Waals surface area (Å²) in [5.41, 5.74) is 3.41. The topological polar surface area (TPSA) is 20.2 Å². The molecule has 2 aromatic rings. The maximum absolute atomic E-state index is 13.1. The maximum atomic E-state index is 13.1.